The van der Waals surface area contributed by atoms with Crippen molar-refractivity contribution in [2.24, 2.45) is 0 Å². The number of benzene rings is 2. The van der Waals surface area contributed by atoms with Gasteiger partial charge in [-0.1, -0.05) is 56.1 Å². The lowest BCUT2D eigenvalue weighted by Crippen LogP contribution is -1.94. The SMILES string of the molecule is CCCOc1ccc(C#C/C=C/C#Cc2ccc(CCC)cc2)cc1. The lowest BCUT2D eigenvalue weighted by atomic mass is 10.1. The van der Waals surface area contributed by atoms with Crippen molar-refractivity contribution < 1.29 is 4.74 Å². The first-order valence-electron chi connectivity index (χ1n) is 8.81. The number of hydrogen-bond acceptors (Lipinski definition) is 1. The zero-order valence-electron chi connectivity index (χ0n) is 15.0. The highest BCUT2D eigenvalue weighted by atomic mass is 16.5. The molecule has 0 aliphatic heterocycles. The zero-order chi connectivity index (χ0) is 17.7. The average molecular weight is 328 g/mol. The Morgan fingerprint density at radius 3 is 1.84 bits per heavy atom. The maximum atomic E-state index is 5.55. The summed E-state index contributed by atoms with van der Waals surface area (Å²) in [4.78, 5) is 0. The molecule has 25 heavy (non-hydrogen) atoms. The van der Waals surface area contributed by atoms with Crippen molar-refractivity contribution in [3.63, 3.8) is 0 Å². The molecule has 2 aromatic rings. The third-order valence-corrected chi connectivity index (χ3v) is 3.50. The molecule has 0 aliphatic carbocycles. The molecule has 0 atom stereocenters. The summed E-state index contributed by atoms with van der Waals surface area (Å²) >= 11 is 0. The van der Waals surface area contributed by atoms with E-state index in [4.69, 9.17) is 4.74 Å². The highest BCUT2D eigenvalue weighted by Gasteiger charge is 1.92. The molecule has 0 bridgehead atoms. The van der Waals surface area contributed by atoms with E-state index in [1.807, 2.05) is 24.3 Å². The lowest BCUT2D eigenvalue weighted by molar-refractivity contribution is 0.317. The smallest absolute Gasteiger partial charge is 0.119 e. The fourth-order valence-electron chi connectivity index (χ4n) is 2.23. The third-order valence-electron chi connectivity index (χ3n) is 3.50. The number of aryl methyl sites for hydroxylation is 1. The Hall–Kier alpha value is -2.90. The molecule has 0 radical (unpaired) electrons. The van der Waals surface area contributed by atoms with Gasteiger partial charge in [0.1, 0.15) is 5.75 Å². The molecule has 0 heterocycles. The molecule has 0 spiro atoms. The number of hydrogen-bond donors (Lipinski definition) is 0. The van der Waals surface area contributed by atoms with Crippen molar-refractivity contribution in [1.82, 2.24) is 0 Å². The summed E-state index contributed by atoms with van der Waals surface area (Å²) in [6.45, 7) is 5.03. The minimum Gasteiger partial charge on any atom is -0.494 e. The van der Waals surface area contributed by atoms with Gasteiger partial charge in [0.25, 0.3) is 0 Å². The first-order valence-corrected chi connectivity index (χ1v) is 8.81. The summed E-state index contributed by atoms with van der Waals surface area (Å²) in [5.74, 6) is 13.1. The highest BCUT2D eigenvalue weighted by Crippen LogP contribution is 2.11. The minimum atomic E-state index is 0.744. The van der Waals surface area contributed by atoms with Gasteiger partial charge in [-0.05, 0) is 67.0 Å². The maximum Gasteiger partial charge on any atom is 0.119 e. The highest BCUT2D eigenvalue weighted by molar-refractivity contribution is 5.42. The molecule has 1 nitrogen and oxygen atoms in total. The van der Waals surface area contributed by atoms with Crippen molar-refractivity contribution in [3.05, 3.63) is 77.4 Å². The molecule has 0 N–H and O–H groups in total. The van der Waals surface area contributed by atoms with Crippen molar-refractivity contribution in [2.45, 2.75) is 33.1 Å². The van der Waals surface area contributed by atoms with Gasteiger partial charge in [-0.3, -0.25) is 0 Å². The van der Waals surface area contributed by atoms with Crippen molar-refractivity contribution >= 4 is 0 Å². The first-order chi connectivity index (χ1) is 12.3. The van der Waals surface area contributed by atoms with Crippen LogP contribution in [0, 0.1) is 23.7 Å². The zero-order valence-corrected chi connectivity index (χ0v) is 15.0. The lowest BCUT2D eigenvalue weighted by Gasteiger charge is -2.03. The topological polar surface area (TPSA) is 9.23 Å². The van der Waals surface area contributed by atoms with Crippen LogP contribution in [0.25, 0.3) is 0 Å². The van der Waals surface area contributed by atoms with Gasteiger partial charge in [0.05, 0.1) is 6.61 Å². The number of allylic oxidation sites excluding steroid dienone is 2. The van der Waals surface area contributed by atoms with Gasteiger partial charge in [0.2, 0.25) is 0 Å². The molecule has 2 aromatic carbocycles. The van der Waals surface area contributed by atoms with Gasteiger partial charge in [-0.2, -0.15) is 0 Å². The first kappa shape index (κ1) is 18.4. The van der Waals surface area contributed by atoms with E-state index in [1.165, 1.54) is 12.0 Å². The van der Waals surface area contributed by atoms with Crippen LogP contribution in [0.5, 0.6) is 5.75 Å². The second-order valence-electron chi connectivity index (χ2n) is 5.69. The fourth-order valence-corrected chi connectivity index (χ4v) is 2.23. The van der Waals surface area contributed by atoms with Crippen LogP contribution >= 0.6 is 0 Å². The monoisotopic (exact) mass is 328 g/mol. The summed E-state index contributed by atoms with van der Waals surface area (Å²) < 4.78 is 5.55. The summed E-state index contributed by atoms with van der Waals surface area (Å²) in [6, 6.07) is 16.3. The van der Waals surface area contributed by atoms with Crippen LogP contribution < -0.4 is 4.74 Å². The van der Waals surface area contributed by atoms with E-state index in [2.05, 4.69) is 61.8 Å². The molecule has 0 unspecified atom stereocenters. The summed E-state index contributed by atoms with van der Waals surface area (Å²) in [6.07, 6.45) is 6.86. The Morgan fingerprint density at radius 1 is 0.760 bits per heavy atom. The van der Waals surface area contributed by atoms with E-state index in [0.29, 0.717) is 0 Å². The van der Waals surface area contributed by atoms with Crippen LogP contribution in [0.4, 0.5) is 0 Å². The van der Waals surface area contributed by atoms with Crippen molar-refractivity contribution in [1.29, 1.82) is 0 Å². The van der Waals surface area contributed by atoms with E-state index < -0.39 is 0 Å². The van der Waals surface area contributed by atoms with Crippen LogP contribution in [-0.4, -0.2) is 6.61 Å². The third kappa shape index (κ3) is 7.03. The summed E-state index contributed by atoms with van der Waals surface area (Å²) in [5.41, 5.74) is 3.36. The van der Waals surface area contributed by atoms with E-state index in [9.17, 15) is 0 Å². The van der Waals surface area contributed by atoms with Gasteiger partial charge < -0.3 is 4.74 Å². The van der Waals surface area contributed by atoms with E-state index in [-0.39, 0.29) is 0 Å². The van der Waals surface area contributed by atoms with Gasteiger partial charge in [0.15, 0.2) is 0 Å². The van der Waals surface area contributed by atoms with Crippen molar-refractivity contribution in [3.8, 4) is 29.4 Å². The molecule has 2 rings (SSSR count). The Morgan fingerprint density at radius 2 is 1.32 bits per heavy atom. The van der Waals surface area contributed by atoms with Crippen LogP contribution in [0.2, 0.25) is 0 Å². The van der Waals surface area contributed by atoms with Crippen LogP contribution in [-0.2, 0) is 6.42 Å². The molecule has 0 fully saturated rings. The molecule has 1 heteroatoms. The van der Waals surface area contributed by atoms with E-state index in [1.54, 1.807) is 12.2 Å². The van der Waals surface area contributed by atoms with Gasteiger partial charge >= 0.3 is 0 Å². The van der Waals surface area contributed by atoms with Gasteiger partial charge in [-0.25, -0.2) is 0 Å². The molecular formula is C24H24O. The molecule has 0 amide bonds. The Labute approximate surface area is 151 Å². The summed E-state index contributed by atoms with van der Waals surface area (Å²) in [7, 11) is 0. The molecule has 0 aromatic heterocycles. The standard InChI is InChI=1S/C24H24O/c1-3-9-21-12-14-22(15-13-21)10-7-5-6-8-11-23-16-18-24(19-17-23)25-20-4-2/h5-6,12-19H,3-4,9,20H2,1-2H3/b6-5+. The van der Waals surface area contributed by atoms with Gasteiger partial charge in [-0.15, -0.1) is 0 Å². The largest absolute Gasteiger partial charge is 0.494 e. The minimum absolute atomic E-state index is 0.744. The van der Waals surface area contributed by atoms with E-state index >= 15 is 0 Å². The van der Waals surface area contributed by atoms with E-state index in [0.717, 1.165) is 36.3 Å². The van der Waals surface area contributed by atoms with Gasteiger partial charge in [0, 0.05) is 11.1 Å². The predicted octanol–water partition coefficient (Wildman–Crippen LogP) is 5.39. The Kier molecular flexibility index (Phi) is 7.96. The Bertz CT molecular complexity index is 788. The fraction of sp³-hybridized carbons (Fsp3) is 0.250. The van der Waals surface area contributed by atoms with Crippen molar-refractivity contribution in [2.75, 3.05) is 6.61 Å². The second kappa shape index (κ2) is 10.8. The molecular weight excluding hydrogens is 304 g/mol. The quantitative estimate of drug-likeness (QED) is 0.669. The Balaban J connectivity index is 1.86. The predicted molar refractivity (Wildman–Crippen MR) is 106 cm³/mol. The summed E-state index contributed by atoms with van der Waals surface area (Å²) in [5, 5.41) is 0. The second-order valence-corrected chi connectivity index (χ2v) is 5.69. The molecule has 0 aliphatic rings. The molecule has 126 valence electrons. The van der Waals surface area contributed by atoms with Crippen LogP contribution in [0.3, 0.4) is 0 Å². The normalized spacial score (nSPS) is 9.84. The maximum absolute atomic E-state index is 5.55. The van der Waals surface area contributed by atoms with Crippen LogP contribution in [0.15, 0.2) is 60.7 Å². The van der Waals surface area contributed by atoms with Crippen LogP contribution in [0.1, 0.15) is 43.4 Å². The number of ether oxygens (including phenoxy) is 1. The molecule has 0 saturated carbocycles. The molecule has 0 saturated heterocycles. The number of rotatable bonds is 5. The average Bonchev–Trinajstić information content (AvgIpc) is 2.65.